The summed E-state index contributed by atoms with van der Waals surface area (Å²) in [5.41, 5.74) is 1.20. The summed E-state index contributed by atoms with van der Waals surface area (Å²) in [6.07, 6.45) is 2.43. The lowest BCUT2D eigenvalue weighted by atomic mass is 10.2. The van der Waals surface area contributed by atoms with Crippen molar-refractivity contribution in [3.63, 3.8) is 0 Å². The average molecular weight is 365 g/mol. The van der Waals surface area contributed by atoms with Gasteiger partial charge in [-0.05, 0) is 55.8 Å². The first-order valence-corrected chi connectivity index (χ1v) is 8.73. The molecule has 138 valence electrons. The number of hydrogen-bond donors (Lipinski definition) is 1. The van der Waals surface area contributed by atoms with Crippen molar-refractivity contribution in [2.24, 2.45) is 0 Å². The zero-order valence-electron chi connectivity index (χ0n) is 15.1. The molecule has 0 aliphatic heterocycles. The largest absolute Gasteiger partial charge is 0.439 e. The van der Waals surface area contributed by atoms with Gasteiger partial charge in [-0.25, -0.2) is 9.37 Å². The number of aromatic nitrogens is 2. The van der Waals surface area contributed by atoms with Crippen LogP contribution in [-0.4, -0.2) is 21.9 Å². The summed E-state index contributed by atoms with van der Waals surface area (Å²) in [5, 5.41) is 2.92. The summed E-state index contributed by atoms with van der Waals surface area (Å²) in [4.78, 5) is 20.8. The molecular formula is C21H20FN3O2. The Balaban J connectivity index is 1.77. The van der Waals surface area contributed by atoms with Crippen LogP contribution in [0.5, 0.6) is 11.6 Å². The molecule has 0 unspecified atom stereocenters. The van der Waals surface area contributed by atoms with Gasteiger partial charge >= 0.3 is 0 Å². The molecule has 0 bridgehead atoms. The summed E-state index contributed by atoms with van der Waals surface area (Å²) in [7, 11) is 0. The Hall–Kier alpha value is -3.28. The van der Waals surface area contributed by atoms with E-state index in [1.807, 2.05) is 13.8 Å². The maximum Gasteiger partial charge on any atom is 0.251 e. The predicted octanol–water partition coefficient (Wildman–Crippen LogP) is 4.60. The number of halogens is 1. The van der Waals surface area contributed by atoms with Gasteiger partial charge in [0, 0.05) is 29.4 Å². The van der Waals surface area contributed by atoms with Gasteiger partial charge in [0.2, 0.25) is 5.88 Å². The smallest absolute Gasteiger partial charge is 0.251 e. The van der Waals surface area contributed by atoms with Gasteiger partial charge in [-0.2, -0.15) is 4.98 Å². The van der Waals surface area contributed by atoms with Gasteiger partial charge in [-0.3, -0.25) is 4.79 Å². The predicted molar refractivity (Wildman–Crippen MR) is 101 cm³/mol. The SMILES string of the molecule is CC[C@H](C)NC(=O)c1cccc(Oc2ccnc(-c3ccc(F)cc3)n2)c1. The molecule has 6 heteroatoms. The first-order chi connectivity index (χ1) is 13.0. The molecule has 0 saturated heterocycles. The second-order valence-electron chi connectivity index (χ2n) is 6.14. The summed E-state index contributed by atoms with van der Waals surface area (Å²) in [6, 6.07) is 14.5. The van der Waals surface area contributed by atoms with E-state index in [0.29, 0.717) is 28.6 Å². The van der Waals surface area contributed by atoms with E-state index in [9.17, 15) is 9.18 Å². The third kappa shape index (κ3) is 4.88. The summed E-state index contributed by atoms with van der Waals surface area (Å²) in [5.74, 6) is 0.792. The summed E-state index contributed by atoms with van der Waals surface area (Å²) in [6.45, 7) is 3.97. The molecule has 2 aromatic carbocycles. The second-order valence-corrected chi connectivity index (χ2v) is 6.14. The number of carbonyl (C=O) groups is 1. The second kappa shape index (κ2) is 8.40. The maximum absolute atomic E-state index is 13.1. The molecule has 3 rings (SSSR count). The molecular weight excluding hydrogens is 345 g/mol. The minimum Gasteiger partial charge on any atom is -0.439 e. The van der Waals surface area contributed by atoms with Crippen LogP contribution in [-0.2, 0) is 0 Å². The van der Waals surface area contributed by atoms with Crippen LogP contribution in [0.1, 0.15) is 30.6 Å². The highest BCUT2D eigenvalue weighted by molar-refractivity contribution is 5.94. The molecule has 0 aliphatic rings. The fraction of sp³-hybridized carbons (Fsp3) is 0.190. The van der Waals surface area contributed by atoms with Crippen LogP contribution in [0.2, 0.25) is 0 Å². The first kappa shape index (κ1) is 18.5. The quantitative estimate of drug-likeness (QED) is 0.693. The monoisotopic (exact) mass is 365 g/mol. The highest BCUT2D eigenvalue weighted by atomic mass is 19.1. The third-order valence-electron chi connectivity index (χ3n) is 4.04. The summed E-state index contributed by atoms with van der Waals surface area (Å²) >= 11 is 0. The van der Waals surface area contributed by atoms with Gasteiger partial charge in [-0.15, -0.1) is 0 Å². The first-order valence-electron chi connectivity index (χ1n) is 8.73. The van der Waals surface area contributed by atoms with Crippen LogP contribution >= 0.6 is 0 Å². The average Bonchev–Trinajstić information content (AvgIpc) is 2.69. The maximum atomic E-state index is 13.1. The zero-order chi connectivity index (χ0) is 19.2. The van der Waals surface area contributed by atoms with E-state index in [1.54, 1.807) is 48.7 Å². The lowest BCUT2D eigenvalue weighted by molar-refractivity contribution is 0.0939. The molecule has 1 amide bonds. The Labute approximate surface area is 157 Å². The molecule has 0 radical (unpaired) electrons. The molecule has 27 heavy (non-hydrogen) atoms. The van der Waals surface area contributed by atoms with Crippen molar-refractivity contribution in [2.75, 3.05) is 0 Å². The molecule has 1 aromatic heterocycles. The van der Waals surface area contributed by atoms with Crippen molar-refractivity contribution in [1.82, 2.24) is 15.3 Å². The van der Waals surface area contributed by atoms with Gasteiger partial charge in [0.05, 0.1) is 0 Å². The number of nitrogens with zero attached hydrogens (tertiary/aromatic N) is 2. The van der Waals surface area contributed by atoms with Gasteiger partial charge in [-0.1, -0.05) is 13.0 Å². The molecule has 0 fully saturated rings. The number of rotatable bonds is 6. The molecule has 0 spiro atoms. The number of nitrogens with one attached hydrogen (secondary N) is 1. The van der Waals surface area contributed by atoms with Crippen molar-refractivity contribution in [3.05, 3.63) is 72.2 Å². The number of amides is 1. The minimum absolute atomic E-state index is 0.0993. The standard InChI is InChI=1S/C21H20FN3O2/c1-3-14(2)24-21(26)16-5-4-6-18(13-16)27-19-11-12-23-20(25-19)15-7-9-17(22)10-8-15/h4-14H,3H2,1-2H3,(H,24,26)/t14-/m0/s1. The Morgan fingerprint density at radius 3 is 2.70 bits per heavy atom. The molecule has 1 heterocycles. The van der Waals surface area contributed by atoms with Gasteiger partial charge < -0.3 is 10.1 Å². The summed E-state index contributed by atoms with van der Waals surface area (Å²) < 4.78 is 18.9. The van der Waals surface area contributed by atoms with Gasteiger partial charge in [0.1, 0.15) is 11.6 Å². The van der Waals surface area contributed by atoms with Crippen molar-refractivity contribution in [2.45, 2.75) is 26.3 Å². The Morgan fingerprint density at radius 2 is 1.96 bits per heavy atom. The van der Waals surface area contributed by atoms with Crippen LogP contribution < -0.4 is 10.1 Å². The van der Waals surface area contributed by atoms with Crippen molar-refractivity contribution >= 4 is 5.91 Å². The van der Waals surface area contributed by atoms with E-state index < -0.39 is 0 Å². The molecule has 0 saturated carbocycles. The Bertz CT molecular complexity index is 929. The number of benzene rings is 2. The highest BCUT2D eigenvalue weighted by Crippen LogP contribution is 2.23. The number of hydrogen-bond acceptors (Lipinski definition) is 4. The third-order valence-corrected chi connectivity index (χ3v) is 4.04. The van der Waals surface area contributed by atoms with E-state index in [0.717, 1.165) is 6.42 Å². The number of ether oxygens (including phenoxy) is 1. The van der Waals surface area contributed by atoms with Gasteiger partial charge in [0.15, 0.2) is 5.82 Å². The number of carbonyl (C=O) groups excluding carboxylic acids is 1. The Kier molecular flexibility index (Phi) is 5.76. The zero-order valence-corrected chi connectivity index (χ0v) is 15.1. The van der Waals surface area contributed by atoms with Crippen LogP contribution in [0.4, 0.5) is 4.39 Å². The minimum atomic E-state index is -0.321. The normalized spacial score (nSPS) is 11.7. The van der Waals surface area contributed by atoms with E-state index in [1.165, 1.54) is 12.1 Å². The molecule has 5 nitrogen and oxygen atoms in total. The van der Waals surface area contributed by atoms with E-state index in [4.69, 9.17) is 4.74 Å². The van der Waals surface area contributed by atoms with E-state index >= 15 is 0 Å². The van der Waals surface area contributed by atoms with Crippen LogP contribution in [0.3, 0.4) is 0 Å². The van der Waals surface area contributed by atoms with Crippen molar-refractivity contribution < 1.29 is 13.9 Å². The molecule has 0 aliphatic carbocycles. The highest BCUT2D eigenvalue weighted by Gasteiger charge is 2.10. The van der Waals surface area contributed by atoms with Crippen LogP contribution in [0, 0.1) is 5.82 Å². The van der Waals surface area contributed by atoms with Crippen molar-refractivity contribution in [1.29, 1.82) is 0 Å². The van der Waals surface area contributed by atoms with E-state index in [-0.39, 0.29) is 17.8 Å². The lowest BCUT2D eigenvalue weighted by Crippen LogP contribution is -2.31. The van der Waals surface area contributed by atoms with Gasteiger partial charge in [0.25, 0.3) is 5.91 Å². The fourth-order valence-corrected chi connectivity index (χ4v) is 2.37. The molecule has 1 atom stereocenters. The van der Waals surface area contributed by atoms with Crippen LogP contribution in [0.15, 0.2) is 60.8 Å². The Morgan fingerprint density at radius 1 is 1.19 bits per heavy atom. The van der Waals surface area contributed by atoms with Crippen LogP contribution in [0.25, 0.3) is 11.4 Å². The lowest BCUT2D eigenvalue weighted by Gasteiger charge is -2.12. The van der Waals surface area contributed by atoms with Crippen molar-refractivity contribution in [3.8, 4) is 23.0 Å². The topological polar surface area (TPSA) is 64.1 Å². The fourth-order valence-electron chi connectivity index (χ4n) is 2.37. The molecule has 3 aromatic rings. The molecule has 1 N–H and O–H groups in total. The van der Waals surface area contributed by atoms with E-state index in [2.05, 4.69) is 15.3 Å².